The van der Waals surface area contributed by atoms with E-state index >= 15 is 0 Å². The van der Waals surface area contributed by atoms with Crippen molar-refractivity contribution in [1.82, 2.24) is 14.7 Å². The topological polar surface area (TPSA) is 67.2 Å². The second-order valence-corrected chi connectivity index (χ2v) is 6.98. The molecule has 1 fully saturated rings. The number of rotatable bonds is 3. The highest BCUT2D eigenvalue weighted by Gasteiger charge is 2.23. The summed E-state index contributed by atoms with van der Waals surface area (Å²) in [6.07, 6.45) is 2.10. The maximum absolute atomic E-state index is 13.3. The number of benzene rings is 1. The Bertz CT molecular complexity index is 859. The van der Waals surface area contributed by atoms with E-state index in [-0.39, 0.29) is 17.5 Å². The van der Waals surface area contributed by atoms with Crippen LogP contribution in [0.25, 0.3) is 0 Å². The van der Waals surface area contributed by atoms with E-state index in [1.165, 1.54) is 23.9 Å². The minimum absolute atomic E-state index is 0.206. The molecule has 2 aromatic rings. The second-order valence-electron chi connectivity index (χ2n) is 6.98. The maximum atomic E-state index is 13.3. The first-order valence-corrected chi connectivity index (χ1v) is 8.87. The second kappa shape index (κ2) is 7.85. The summed E-state index contributed by atoms with van der Waals surface area (Å²) < 4.78 is 27.8. The number of carbonyl (C=O) groups is 1. The van der Waals surface area contributed by atoms with E-state index in [9.17, 15) is 18.4 Å². The Morgan fingerprint density at radius 3 is 2.41 bits per heavy atom. The number of halogens is 2. The number of aryl methyl sites for hydroxylation is 2. The van der Waals surface area contributed by atoms with E-state index in [1.54, 1.807) is 17.9 Å². The highest BCUT2D eigenvalue weighted by Crippen LogP contribution is 2.23. The first-order valence-electron chi connectivity index (χ1n) is 8.87. The Hall–Kier alpha value is -2.77. The van der Waals surface area contributed by atoms with Crippen molar-refractivity contribution in [1.29, 1.82) is 0 Å². The van der Waals surface area contributed by atoms with E-state index in [2.05, 4.69) is 10.4 Å². The molecule has 0 aliphatic carbocycles. The summed E-state index contributed by atoms with van der Waals surface area (Å²) in [6, 6.07) is 4.86. The molecule has 1 aromatic carbocycles. The van der Waals surface area contributed by atoms with Gasteiger partial charge in [0.05, 0.1) is 0 Å². The number of carbonyl (C=O) groups excluding carboxylic acids is 1. The number of aromatic nitrogens is 2. The maximum Gasteiger partial charge on any atom is 0.323 e. The van der Waals surface area contributed by atoms with Gasteiger partial charge in [-0.25, -0.2) is 18.3 Å². The van der Waals surface area contributed by atoms with Crippen molar-refractivity contribution >= 4 is 11.8 Å². The van der Waals surface area contributed by atoms with Crippen molar-refractivity contribution in [2.45, 2.75) is 26.2 Å². The van der Waals surface area contributed by atoms with Crippen molar-refractivity contribution in [2.75, 3.05) is 18.4 Å². The molecule has 1 N–H and O–H groups in total. The normalized spacial score (nSPS) is 15.0. The molecule has 1 aromatic heterocycles. The molecular formula is C19H22F2N4O2. The fraction of sp³-hybridized carbons (Fsp3) is 0.421. The van der Waals surface area contributed by atoms with Gasteiger partial charge >= 0.3 is 6.03 Å². The van der Waals surface area contributed by atoms with Crippen LogP contribution in [0.1, 0.15) is 24.0 Å². The van der Waals surface area contributed by atoms with Crippen molar-refractivity contribution in [3.63, 3.8) is 0 Å². The van der Waals surface area contributed by atoms with Crippen LogP contribution in [-0.4, -0.2) is 33.8 Å². The number of nitrogens with zero attached hydrogens (tertiary/aromatic N) is 3. The molecule has 27 heavy (non-hydrogen) atoms. The Morgan fingerprint density at radius 1 is 1.19 bits per heavy atom. The molecule has 0 spiro atoms. The lowest BCUT2D eigenvalue weighted by molar-refractivity contribution is 0.182. The Labute approximate surface area is 155 Å². The molecule has 0 saturated carbocycles. The van der Waals surface area contributed by atoms with Crippen molar-refractivity contribution in [2.24, 2.45) is 13.0 Å². The quantitative estimate of drug-likeness (QED) is 0.896. The molecule has 1 aliphatic heterocycles. The summed E-state index contributed by atoms with van der Waals surface area (Å²) in [6.45, 7) is 2.78. The van der Waals surface area contributed by atoms with Crippen molar-refractivity contribution < 1.29 is 13.6 Å². The van der Waals surface area contributed by atoms with E-state index in [4.69, 9.17) is 0 Å². The van der Waals surface area contributed by atoms with E-state index in [0.717, 1.165) is 18.9 Å². The van der Waals surface area contributed by atoms with Gasteiger partial charge in [-0.1, -0.05) is 0 Å². The average Bonchev–Trinajstić information content (AvgIpc) is 2.59. The van der Waals surface area contributed by atoms with Crippen LogP contribution in [0.15, 0.2) is 29.1 Å². The minimum atomic E-state index is -0.568. The third kappa shape index (κ3) is 4.69. The van der Waals surface area contributed by atoms with Crippen LogP contribution in [-0.2, 0) is 13.5 Å². The van der Waals surface area contributed by atoms with Crippen LogP contribution in [0.2, 0.25) is 0 Å². The number of anilines is 1. The van der Waals surface area contributed by atoms with Gasteiger partial charge in [-0.2, -0.15) is 5.10 Å². The zero-order chi connectivity index (χ0) is 19.6. The van der Waals surface area contributed by atoms with Crippen LogP contribution >= 0.6 is 0 Å². The fourth-order valence-electron chi connectivity index (χ4n) is 3.41. The lowest BCUT2D eigenvalue weighted by Crippen LogP contribution is -2.41. The Balaban J connectivity index is 1.55. The molecule has 1 aliphatic rings. The third-order valence-electron chi connectivity index (χ3n) is 4.83. The number of hydrogen-bond donors (Lipinski definition) is 1. The number of nitrogens with one attached hydrogen (secondary N) is 1. The van der Waals surface area contributed by atoms with Gasteiger partial charge in [-0.3, -0.25) is 10.1 Å². The standard InChI is InChI=1S/C19H22F2N4O2/c1-12-7-17(23-24(2)18(12)26)22-19(27)25-5-3-13(4-6-25)8-14-9-15(20)11-16(21)10-14/h7,9-11,13H,3-6,8H2,1-2H3,(H,22,23,27). The Morgan fingerprint density at radius 2 is 1.81 bits per heavy atom. The molecule has 0 bridgehead atoms. The Kier molecular flexibility index (Phi) is 5.53. The number of hydrogen-bond acceptors (Lipinski definition) is 3. The highest BCUT2D eigenvalue weighted by atomic mass is 19.1. The van der Waals surface area contributed by atoms with Gasteiger partial charge in [0.25, 0.3) is 5.56 Å². The van der Waals surface area contributed by atoms with Crippen LogP contribution < -0.4 is 10.9 Å². The average molecular weight is 376 g/mol. The number of likely N-dealkylation sites (tertiary alicyclic amines) is 1. The zero-order valence-corrected chi connectivity index (χ0v) is 15.3. The molecule has 6 nitrogen and oxygen atoms in total. The smallest absolute Gasteiger partial charge is 0.323 e. The van der Waals surface area contributed by atoms with Gasteiger partial charge in [-0.05, 0) is 55.9 Å². The first-order chi connectivity index (χ1) is 12.8. The molecule has 8 heteroatoms. The lowest BCUT2D eigenvalue weighted by atomic mass is 9.90. The number of urea groups is 1. The summed E-state index contributed by atoms with van der Waals surface area (Å²) in [5.74, 6) is -0.533. The molecule has 0 unspecified atom stereocenters. The summed E-state index contributed by atoms with van der Waals surface area (Å²) in [4.78, 5) is 25.8. The van der Waals surface area contributed by atoms with Gasteiger partial charge in [0, 0.05) is 31.8 Å². The highest BCUT2D eigenvalue weighted by molar-refractivity contribution is 5.88. The lowest BCUT2D eigenvalue weighted by Gasteiger charge is -2.32. The van der Waals surface area contributed by atoms with Crippen LogP contribution in [0.4, 0.5) is 19.4 Å². The van der Waals surface area contributed by atoms with Gasteiger partial charge in [0.2, 0.25) is 0 Å². The summed E-state index contributed by atoms with van der Waals surface area (Å²) in [7, 11) is 1.53. The van der Waals surface area contributed by atoms with Crippen molar-refractivity contribution in [3.8, 4) is 0 Å². The largest absolute Gasteiger partial charge is 0.324 e. The fourth-order valence-corrected chi connectivity index (χ4v) is 3.41. The monoisotopic (exact) mass is 376 g/mol. The van der Waals surface area contributed by atoms with Crippen LogP contribution in [0, 0.1) is 24.5 Å². The van der Waals surface area contributed by atoms with Gasteiger partial charge < -0.3 is 4.90 Å². The zero-order valence-electron chi connectivity index (χ0n) is 15.3. The van der Waals surface area contributed by atoms with E-state index in [0.29, 0.717) is 36.5 Å². The summed E-state index contributed by atoms with van der Waals surface area (Å²) in [5, 5.41) is 6.75. The predicted molar refractivity (Wildman–Crippen MR) is 97.6 cm³/mol. The molecule has 144 valence electrons. The van der Waals surface area contributed by atoms with Gasteiger partial charge in [0.1, 0.15) is 11.6 Å². The summed E-state index contributed by atoms with van der Waals surface area (Å²) in [5.41, 5.74) is 0.937. The minimum Gasteiger partial charge on any atom is -0.324 e. The van der Waals surface area contributed by atoms with E-state index in [1.807, 2.05) is 0 Å². The number of piperidine rings is 1. The first kappa shape index (κ1) is 19.0. The molecule has 1 saturated heterocycles. The molecule has 2 heterocycles. The van der Waals surface area contributed by atoms with Crippen LogP contribution in [0.3, 0.4) is 0 Å². The molecule has 2 amide bonds. The molecule has 0 atom stereocenters. The molecule has 0 radical (unpaired) electrons. The molecular weight excluding hydrogens is 354 g/mol. The van der Waals surface area contributed by atoms with E-state index < -0.39 is 11.6 Å². The van der Waals surface area contributed by atoms with Crippen LogP contribution in [0.5, 0.6) is 0 Å². The predicted octanol–water partition coefficient (Wildman–Crippen LogP) is 2.85. The number of amides is 2. The summed E-state index contributed by atoms with van der Waals surface area (Å²) >= 11 is 0. The van der Waals surface area contributed by atoms with Gasteiger partial charge in [-0.15, -0.1) is 0 Å². The SMILES string of the molecule is Cc1cc(NC(=O)N2CCC(Cc3cc(F)cc(F)c3)CC2)nn(C)c1=O. The molecule has 3 rings (SSSR count). The van der Waals surface area contributed by atoms with Crippen molar-refractivity contribution in [3.05, 3.63) is 57.4 Å². The third-order valence-corrected chi connectivity index (χ3v) is 4.83. The van der Waals surface area contributed by atoms with Gasteiger partial charge in [0.15, 0.2) is 5.82 Å².